The molecular weight excluding hydrogens is 256 g/mol. The van der Waals surface area contributed by atoms with E-state index in [0.717, 1.165) is 5.69 Å². The predicted octanol–water partition coefficient (Wildman–Crippen LogP) is 4.90. The molecule has 1 aromatic carbocycles. The third-order valence-corrected chi connectivity index (χ3v) is 4.82. The molecule has 1 aliphatic rings. The molecule has 1 fully saturated rings. The number of aryl methyl sites for hydroxylation is 1. The first-order chi connectivity index (χ1) is 10.4. The Bertz CT molecular complexity index is 765. The fourth-order valence-corrected chi connectivity index (χ4v) is 3.86. The van der Waals surface area contributed by atoms with Crippen molar-refractivity contribution in [2.24, 2.45) is 7.05 Å². The number of para-hydroxylation sites is 1. The van der Waals surface area contributed by atoms with Crippen molar-refractivity contribution in [3.8, 4) is 11.4 Å². The van der Waals surface area contributed by atoms with Gasteiger partial charge in [-0.3, -0.25) is 4.98 Å². The van der Waals surface area contributed by atoms with E-state index in [-0.39, 0.29) is 0 Å². The number of pyridine rings is 1. The van der Waals surface area contributed by atoms with Crippen LogP contribution in [0.4, 0.5) is 0 Å². The molecule has 0 aliphatic heterocycles. The summed E-state index contributed by atoms with van der Waals surface area (Å²) in [6.45, 7) is 0. The van der Waals surface area contributed by atoms with E-state index >= 15 is 0 Å². The van der Waals surface area contributed by atoms with Crippen molar-refractivity contribution in [3.63, 3.8) is 0 Å². The zero-order chi connectivity index (χ0) is 14.2. The van der Waals surface area contributed by atoms with Crippen LogP contribution in [0.5, 0.6) is 0 Å². The lowest BCUT2D eigenvalue weighted by Crippen LogP contribution is -1.99. The van der Waals surface area contributed by atoms with Crippen LogP contribution < -0.4 is 0 Å². The van der Waals surface area contributed by atoms with Crippen molar-refractivity contribution in [3.05, 3.63) is 54.2 Å². The molecule has 3 aromatic rings. The lowest BCUT2D eigenvalue weighted by Gasteiger charge is -2.13. The van der Waals surface area contributed by atoms with Crippen molar-refractivity contribution in [2.75, 3.05) is 0 Å². The maximum absolute atomic E-state index is 4.62. The van der Waals surface area contributed by atoms with Gasteiger partial charge < -0.3 is 4.57 Å². The van der Waals surface area contributed by atoms with Gasteiger partial charge in [-0.05, 0) is 42.5 Å². The van der Waals surface area contributed by atoms with Crippen LogP contribution in [0.2, 0.25) is 0 Å². The molecule has 2 heterocycles. The Morgan fingerprint density at radius 3 is 2.52 bits per heavy atom. The van der Waals surface area contributed by atoms with Gasteiger partial charge in [0, 0.05) is 24.1 Å². The van der Waals surface area contributed by atoms with Gasteiger partial charge in [-0.2, -0.15) is 0 Å². The first-order valence-electron chi connectivity index (χ1n) is 7.85. The minimum absolute atomic E-state index is 0.688. The number of rotatable bonds is 2. The van der Waals surface area contributed by atoms with E-state index in [1.165, 1.54) is 47.8 Å². The summed E-state index contributed by atoms with van der Waals surface area (Å²) < 4.78 is 2.32. The van der Waals surface area contributed by atoms with Gasteiger partial charge in [0.15, 0.2) is 0 Å². The molecule has 0 N–H and O–H groups in total. The number of aromatic nitrogens is 2. The largest absolute Gasteiger partial charge is 0.342 e. The van der Waals surface area contributed by atoms with Crippen molar-refractivity contribution < 1.29 is 0 Å². The molecule has 0 saturated heterocycles. The summed E-state index contributed by atoms with van der Waals surface area (Å²) >= 11 is 0. The Morgan fingerprint density at radius 2 is 1.76 bits per heavy atom. The van der Waals surface area contributed by atoms with Crippen molar-refractivity contribution in [1.82, 2.24) is 9.55 Å². The van der Waals surface area contributed by atoms with Crippen molar-refractivity contribution in [1.29, 1.82) is 0 Å². The molecule has 2 aromatic heterocycles. The summed E-state index contributed by atoms with van der Waals surface area (Å²) in [5.41, 5.74) is 5.24. The Balaban J connectivity index is 2.04. The summed E-state index contributed by atoms with van der Waals surface area (Å²) in [6.07, 6.45) is 7.23. The van der Waals surface area contributed by atoms with Gasteiger partial charge in [0.1, 0.15) is 0 Å². The highest BCUT2D eigenvalue weighted by atomic mass is 15.0. The number of nitrogens with zero attached hydrogens (tertiary/aromatic N) is 2. The summed E-state index contributed by atoms with van der Waals surface area (Å²) in [5, 5.41) is 1.41. The molecule has 2 nitrogen and oxygen atoms in total. The SMILES string of the molecule is Cn1c(-c2ccccn2)c(C2CCCC2)c2ccccc21. The zero-order valence-corrected chi connectivity index (χ0v) is 12.4. The van der Waals surface area contributed by atoms with Crippen LogP contribution in [0.15, 0.2) is 48.7 Å². The van der Waals surface area contributed by atoms with Crippen LogP contribution in [0.1, 0.15) is 37.2 Å². The van der Waals surface area contributed by atoms with Crippen LogP contribution in [0.3, 0.4) is 0 Å². The van der Waals surface area contributed by atoms with E-state index in [1.54, 1.807) is 0 Å². The third kappa shape index (κ3) is 1.98. The zero-order valence-electron chi connectivity index (χ0n) is 12.4. The summed E-state index contributed by atoms with van der Waals surface area (Å²) in [4.78, 5) is 4.62. The van der Waals surface area contributed by atoms with E-state index in [9.17, 15) is 0 Å². The maximum Gasteiger partial charge on any atom is 0.0869 e. The summed E-state index contributed by atoms with van der Waals surface area (Å²) in [6, 6.07) is 15.0. The Morgan fingerprint density at radius 1 is 1.00 bits per heavy atom. The van der Waals surface area contributed by atoms with E-state index in [0.29, 0.717) is 5.92 Å². The smallest absolute Gasteiger partial charge is 0.0869 e. The van der Waals surface area contributed by atoms with Crippen LogP contribution in [0, 0.1) is 0 Å². The standard InChI is InChI=1S/C19H20N2/c1-21-17-12-5-4-10-15(17)18(14-8-2-3-9-14)19(21)16-11-6-7-13-20-16/h4-7,10-14H,2-3,8-9H2,1H3. The monoisotopic (exact) mass is 276 g/mol. The van der Waals surface area contributed by atoms with E-state index in [1.807, 2.05) is 12.3 Å². The van der Waals surface area contributed by atoms with E-state index < -0.39 is 0 Å². The van der Waals surface area contributed by atoms with Gasteiger partial charge in [-0.1, -0.05) is 37.1 Å². The van der Waals surface area contributed by atoms with Crippen LogP contribution >= 0.6 is 0 Å². The van der Waals surface area contributed by atoms with Crippen molar-refractivity contribution in [2.45, 2.75) is 31.6 Å². The predicted molar refractivity (Wildman–Crippen MR) is 87.4 cm³/mol. The van der Waals surface area contributed by atoms with Crippen LogP contribution in [-0.2, 0) is 7.05 Å². The lowest BCUT2D eigenvalue weighted by atomic mass is 9.93. The third-order valence-electron chi connectivity index (χ3n) is 4.82. The van der Waals surface area contributed by atoms with Gasteiger partial charge in [-0.25, -0.2) is 0 Å². The Labute approximate surface area is 125 Å². The van der Waals surface area contributed by atoms with Crippen molar-refractivity contribution >= 4 is 10.9 Å². The first-order valence-corrected chi connectivity index (χ1v) is 7.85. The molecule has 1 aliphatic carbocycles. The molecule has 0 atom stereocenters. The quantitative estimate of drug-likeness (QED) is 0.651. The molecule has 0 radical (unpaired) electrons. The molecule has 0 bridgehead atoms. The van der Waals surface area contributed by atoms with E-state index in [2.05, 4.69) is 53.0 Å². The molecule has 21 heavy (non-hydrogen) atoms. The second-order valence-corrected chi connectivity index (χ2v) is 6.03. The van der Waals surface area contributed by atoms with Gasteiger partial charge >= 0.3 is 0 Å². The number of hydrogen-bond acceptors (Lipinski definition) is 1. The van der Waals surface area contributed by atoms with Gasteiger partial charge in [0.25, 0.3) is 0 Å². The minimum atomic E-state index is 0.688. The highest BCUT2D eigenvalue weighted by Gasteiger charge is 2.26. The normalized spacial score (nSPS) is 15.9. The molecule has 106 valence electrons. The second kappa shape index (κ2) is 5.03. The second-order valence-electron chi connectivity index (χ2n) is 6.03. The molecule has 4 rings (SSSR count). The number of benzene rings is 1. The topological polar surface area (TPSA) is 17.8 Å². The average molecular weight is 276 g/mol. The van der Waals surface area contributed by atoms with Crippen LogP contribution in [-0.4, -0.2) is 9.55 Å². The minimum Gasteiger partial charge on any atom is -0.342 e. The number of hydrogen-bond donors (Lipinski definition) is 0. The van der Waals surface area contributed by atoms with E-state index in [4.69, 9.17) is 0 Å². The average Bonchev–Trinajstić information content (AvgIpc) is 3.15. The number of fused-ring (bicyclic) bond motifs is 1. The molecule has 2 heteroatoms. The molecular formula is C19H20N2. The fraction of sp³-hybridized carbons (Fsp3) is 0.316. The highest BCUT2D eigenvalue weighted by Crippen LogP contribution is 2.43. The summed E-state index contributed by atoms with van der Waals surface area (Å²) in [5.74, 6) is 0.688. The summed E-state index contributed by atoms with van der Waals surface area (Å²) in [7, 11) is 2.17. The highest BCUT2D eigenvalue weighted by molar-refractivity contribution is 5.91. The van der Waals surface area contributed by atoms with Gasteiger partial charge in [0.05, 0.1) is 11.4 Å². The molecule has 0 amide bonds. The van der Waals surface area contributed by atoms with Gasteiger partial charge in [0.2, 0.25) is 0 Å². The Hall–Kier alpha value is -2.09. The van der Waals surface area contributed by atoms with Crippen LogP contribution in [0.25, 0.3) is 22.3 Å². The maximum atomic E-state index is 4.62. The van der Waals surface area contributed by atoms with Gasteiger partial charge in [-0.15, -0.1) is 0 Å². The first kappa shape index (κ1) is 12.6. The molecule has 0 unspecified atom stereocenters. The molecule has 1 saturated carbocycles. The lowest BCUT2D eigenvalue weighted by molar-refractivity contribution is 0.726. The Kier molecular flexibility index (Phi) is 3.03. The fourth-order valence-electron chi connectivity index (χ4n) is 3.86. The molecule has 0 spiro atoms.